The Hall–Kier alpha value is -0.120. The quantitative estimate of drug-likeness (QED) is 0.680. The molecular formula is C12H24N2O. The molecule has 88 valence electrons. The van der Waals surface area contributed by atoms with Crippen LogP contribution in [-0.2, 0) is 0 Å². The van der Waals surface area contributed by atoms with E-state index >= 15 is 0 Å². The molecule has 0 amide bonds. The summed E-state index contributed by atoms with van der Waals surface area (Å²) >= 11 is 0. The van der Waals surface area contributed by atoms with Crippen LogP contribution in [0.3, 0.4) is 0 Å². The highest BCUT2D eigenvalue weighted by atomic mass is 16.3. The predicted molar refractivity (Wildman–Crippen MR) is 61.9 cm³/mol. The van der Waals surface area contributed by atoms with Crippen LogP contribution in [0.5, 0.6) is 0 Å². The van der Waals surface area contributed by atoms with Gasteiger partial charge in [-0.25, -0.2) is 0 Å². The van der Waals surface area contributed by atoms with E-state index in [2.05, 4.69) is 17.1 Å². The molecule has 2 unspecified atom stereocenters. The molecule has 2 N–H and O–H groups in total. The van der Waals surface area contributed by atoms with Crippen molar-refractivity contribution in [1.82, 2.24) is 10.2 Å². The Balaban J connectivity index is 2.04. The summed E-state index contributed by atoms with van der Waals surface area (Å²) in [7, 11) is 0. The molecule has 2 fully saturated rings. The molecule has 0 radical (unpaired) electrons. The standard InChI is InChI=1S/C12H24N2O/c1-10-7-13-8-12(2,15)9-14(10)11-5-3-4-6-11/h10-11,13,15H,3-9H2,1-2H3. The first-order valence-electron chi connectivity index (χ1n) is 6.27. The van der Waals surface area contributed by atoms with E-state index in [9.17, 15) is 5.11 Å². The fraction of sp³-hybridized carbons (Fsp3) is 1.00. The monoisotopic (exact) mass is 212 g/mol. The van der Waals surface area contributed by atoms with E-state index in [4.69, 9.17) is 0 Å². The van der Waals surface area contributed by atoms with Gasteiger partial charge in [0.05, 0.1) is 5.60 Å². The van der Waals surface area contributed by atoms with Gasteiger partial charge in [0, 0.05) is 31.7 Å². The summed E-state index contributed by atoms with van der Waals surface area (Å²) in [5, 5.41) is 13.5. The zero-order valence-corrected chi connectivity index (χ0v) is 10.00. The fourth-order valence-corrected chi connectivity index (χ4v) is 3.00. The molecule has 1 aliphatic carbocycles. The molecule has 1 heterocycles. The molecule has 1 saturated carbocycles. The summed E-state index contributed by atoms with van der Waals surface area (Å²) in [6, 6.07) is 1.27. The Morgan fingerprint density at radius 2 is 2.00 bits per heavy atom. The summed E-state index contributed by atoms with van der Waals surface area (Å²) in [6.45, 7) is 6.77. The van der Waals surface area contributed by atoms with E-state index in [0.717, 1.165) is 19.6 Å². The van der Waals surface area contributed by atoms with Crippen LogP contribution < -0.4 is 5.32 Å². The molecule has 3 nitrogen and oxygen atoms in total. The molecular weight excluding hydrogens is 188 g/mol. The molecule has 0 aromatic carbocycles. The number of hydrogen-bond donors (Lipinski definition) is 2. The van der Waals surface area contributed by atoms with Crippen molar-refractivity contribution < 1.29 is 5.11 Å². The molecule has 2 rings (SSSR count). The van der Waals surface area contributed by atoms with E-state index in [1.165, 1.54) is 25.7 Å². The zero-order chi connectivity index (χ0) is 10.9. The number of rotatable bonds is 1. The van der Waals surface area contributed by atoms with Crippen LogP contribution in [-0.4, -0.2) is 47.3 Å². The summed E-state index contributed by atoms with van der Waals surface area (Å²) in [4.78, 5) is 2.52. The maximum absolute atomic E-state index is 10.2. The third-order valence-electron chi connectivity index (χ3n) is 3.83. The average Bonchev–Trinajstić information content (AvgIpc) is 2.62. The van der Waals surface area contributed by atoms with Gasteiger partial charge >= 0.3 is 0 Å². The second kappa shape index (κ2) is 4.40. The Morgan fingerprint density at radius 1 is 1.33 bits per heavy atom. The molecule has 15 heavy (non-hydrogen) atoms. The van der Waals surface area contributed by atoms with Gasteiger partial charge in [-0.1, -0.05) is 12.8 Å². The number of nitrogens with zero attached hydrogens (tertiary/aromatic N) is 1. The molecule has 0 bridgehead atoms. The molecule has 0 aromatic heterocycles. The van der Waals surface area contributed by atoms with Gasteiger partial charge in [-0.05, 0) is 26.7 Å². The SMILES string of the molecule is CC1CNCC(C)(O)CN1C1CCCC1. The normalized spacial score (nSPS) is 40.6. The van der Waals surface area contributed by atoms with Crippen molar-refractivity contribution in [2.24, 2.45) is 0 Å². The third kappa shape index (κ3) is 2.71. The second-order valence-electron chi connectivity index (χ2n) is 5.59. The largest absolute Gasteiger partial charge is 0.388 e. The highest BCUT2D eigenvalue weighted by Crippen LogP contribution is 2.27. The molecule has 1 saturated heterocycles. The minimum Gasteiger partial charge on any atom is -0.388 e. The number of β-amino-alcohol motifs (C(OH)–C–C–N with tert-alkyl or cyclic N) is 1. The molecule has 0 spiro atoms. The van der Waals surface area contributed by atoms with Gasteiger partial charge in [-0.3, -0.25) is 4.90 Å². The first kappa shape index (κ1) is 11.4. The van der Waals surface area contributed by atoms with Crippen LogP contribution in [0.1, 0.15) is 39.5 Å². The Morgan fingerprint density at radius 3 is 2.67 bits per heavy atom. The van der Waals surface area contributed by atoms with Crippen molar-refractivity contribution in [3.8, 4) is 0 Å². The lowest BCUT2D eigenvalue weighted by atomic mass is 10.0. The minimum atomic E-state index is -0.562. The van der Waals surface area contributed by atoms with Crippen LogP contribution in [0.25, 0.3) is 0 Å². The van der Waals surface area contributed by atoms with E-state index in [-0.39, 0.29) is 0 Å². The van der Waals surface area contributed by atoms with Gasteiger partial charge in [-0.2, -0.15) is 0 Å². The zero-order valence-electron chi connectivity index (χ0n) is 10.00. The third-order valence-corrected chi connectivity index (χ3v) is 3.83. The number of hydrogen-bond acceptors (Lipinski definition) is 3. The first-order valence-corrected chi connectivity index (χ1v) is 6.27. The number of aliphatic hydroxyl groups is 1. The van der Waals surface area contributed by atoms with Crippen molar-refractivity contribution in [1.29, 1.82) is 0 Å². The molecule has 3 heteroatoms. The van der Waals surface area contributed by atoms with Crippen LogP contribution in [0, 0.1) is 0 Å². The summed E-state index contributed by atoms with van der Waals surface area (Å²) in [6.07, 6.45) is 5.37. The van der Waals surface area contributed by atoms with Crippen LogP contribution in [0.2, 0.25) is 0 Å². The van der Waals surface area contributed by atoms with Gasteiger partial charge in [0.15, 0.2) is 0 Å². The summed E-state index contributed by atoms with van der Waals surface area (Å²) < 4.78 is 0. The first-order chi connectivity index (χ1) is 7.08. The minimum absolute atomic E-state index is 0.557. The smallest absolute Gasteiger partial charge is 0.0869 e. The predicted octanol–water partition coefficient (Wildman–Crippen LogP) is 0.974. The fourth-order valence-electron chi connectivity index (χ4n) is 3.00. The highest BCUT2D eigenvalue weighted by Gasteiger charge is 2.34. The van der Waals surface area contributed by atoms with Gasteiger partial charge in [0.2, 0.25) is 0 Å². The Kier molecular flexibility index (Phi) is 3.33. The van der Waals surface area contributed by atoms with E-state index in [1.54, 1.807) is 0 Å². The summed E-state index contributed by atoms with van der Waals surface area (Å²) in [5.74, 6) is 0. The lowest BCUT2D eigenvalue weighted by Gasteiger charge is -2.36. The highest BCUT2D eigenvalue weighted by molar-refractivity contribution is 4.91. The lowest BCUT2D eigenvalue weighted by Crippen LogP contribution is -2.48. The topological polar surface area (TPSA) is 35.5 Å². The lowest BCUT2D eigenvalue weighted by molar-refractivity contribution is 0.0115. The maximum atomic E-state index is 10.2. The van der Waals surface area contributed by atoms with Crippen molar-refractivity contribution in [2.45, 2.75) is 57.2 Å². The maximum Gasteiger partial charge on any atom is 0.0869 e. The average molecular weight is 212 g/mol. The van der Waals surface area contributed by atoms with Crippen molar-refractivity contribution in [2.75, 3.05) is 19.6 Å². The van der Waals surface area contributed by atoms with Crippen LogP contribution in [0.15, 0.2) is 0 Å². The Labute approximate surface area is 92.8 Å². The number of nitrogens with one attached hydrogen (secondary N) is 1. The van der Waals surface area contributed by atoms with Crippen molar-refractivity contribution in [3.05, 3.63) is 0 Å². The van der Waals surface area contributed by atoms with E-state index in [0.29, 0.717) is 12.1 Å². The van der Waals surface area contributed by atoms with Crippen molar-refractivity contribution in [3.63, 3.8) is 0 Å². The van der Waals surface area contributed by atoms with Gasteiger partial charge in [0.25, 0.3) is 0 Å². The second-order valence-corrected chi connectivity index (χ2v) is 5.59. The van der Waals surface area contributed by atoms with Gasteiger partial charge in [0.1, 0.15) is 0 Å². The van der Waals surface area contributed by atoms with Crippen LogP contribution in [0.4, 0.5) is 0 Å². The van der Waals surface area contributed by atoms with E-state index < -0.39 is 5.60 Å². The Bertz CT molecular complexity index is 212. The molecule has 0 aromatic rings. The van der Waals surface area contributed by atoms with Crippen molar-refractivity contribution >= 4 is 0 Å². The van der Waals surface area contributed by atoms with E-state index in [1.807, 2.05) is 6.92 Å². The van der Waals surface area contributed by atoms with Crippen LogP contribution >= 0.6 is 0 Å². The summed E-state index contributed by atoms with van der Waals surface area (Å²) in [5.41, 5.74) is -0.562. The van der Waals surface area contributed by atoms with Gasteiger partial charge < -0.3 is 10.4 Å². The molecule has 2 atom stereocenters. The van der Waals surface area contributed by atoms with Gasteiger partial charge in [-0.15, -0.1) is 0 Å². The molecule has 1 aliphatic heterocycles. The molecule has 2 aliphatic rings.